The summed E-state index contributed by atoms with van der Waals surface area (Å²) in [5, 5.41) is 12.3. The van der Waals surface area contributed by atoms with Gasteiger partial charge in [-0.1, -0.05) is 6.07 Å². The minimum atomic E-state index is 0. The summed E-state index contributed by atoms with van der Waals surface area (Å²) < 4.78 is 11.2. The van der Waals surface area contributed by atoms with E-state index in [9.17, 15) is 5.11 Å². The van der Waals surface area contributed by atoms with E-state index < -0.39 is 0 Å². The second-order valence-corrected chi connectivity index (χ2v) is 5.99. The maximum absolute atomic E-state index is 9.93. The van der Waals surface area contributed by atoms with E-state index >= 15 is 0 Å². The molecule has 1 atom stereocenters. The first-order valence-corrected chi connectivity index (χ1v) is 7.66. The SMILES string of the molecule is COc1cc2c3c(c1OC)-c1cc(O)ccc1CC3[NH2+]CC2.[Cl-]. The molecule has 1 unspecified atom stereocenters. The summed E-state index contributed by atoms with van der Waals surface area (Å²) in [5.74, 6) is 1.83. The molecule has 0 fully saturated rings. The zero-order valence-electron chi connectivity index (χ0n) is 13.2. The van der Waals surface area contributed by atoms with Crippen LogP contribution in [0.5, 0.6) is 17.2 Å². The highest BCUT2D eigenvalue weighted by Gasteiger charge is 2.36. The van der Waals surface area contributed by atoms with Crippen molar-refractivity contribution in [3.8, 4) is 28.4 Å². The van der Waals surface area contributed by atoms with Gasteiger partial charge in [0.25, 0.3) is 0 Å². The zero-order chi connectivity index (χ0) is 15.3. The third-order valence-corrected chi connectivity index (χ3v) is 4.83. The van der Waals surface area contributed by atoms with E-state index in [-0.39, 0.29) is 18.2 Å². The highest BCUT2D eigenvalue weighted by atomic mass is 35.5. The quantitative estimate of drug-likeness (QED) is 0.726. The van der Waals surface area contributed by atoms with Crippen molar-refractivity contribution < 1.29 is 32.3 Å². The molecule has 0 bridgehead atoms. The second kappa shape index (κ2) is 5.95. The Hall–Kier alpha value is -1.91. The van der Waals surface area contributed by atoms with E-state index in [0.29, 0.717) is 6.04 Å². The fourth-order valence-electron chi connectivity index (χ4n) is 3.92. The van der Waals surface area contributed by atoms with Gasteiger partial charge in [0.05, 0.1) is 20.8 Å². The Morgan fingerprint density at radius 1 is 1.13 bits per heavy atom. The lowest BCUT2D eigenvalue weighted by molar-refractivity contribution is -0.698. The summed E-state index contributed by atoms with van der Waals surface area (Å²) in [6, 6.07) is 8.17. The van der Waals surface area contributed by atoms with Gasteiger partial charge in [-0.05, 0) is 34.9 Å². The molecule has 0 saturated heterocycles. The average molecular weight is 334 g/mol. The second-order valence-electron chi connectivity index (χ2n) is 5.99. The molecule has 0 amide bonds. The number of fused-ring (bicyclic) bond motifs is 2. The first-order chi connectivity index (χ1) is 10.7. The van der Waals surface area contributed by atoms with Crippen LogP contribution in [0.25, 0.3) is 11.1 Å². The maximum Gasteiger partial charge on any atom is 0.169 e. The number of halogens is 1. The Morgan fingerprint density at radius 2 is 1.96 bits per heavy atom. The van der Waals surface area contributed by atoms with E-state index in [4.69, 9.17) is 9.47 Å². The Bertz CT molecular complexity index is 760. The molecule has 3 N–H and O–H groups in total. The molecule has 5 heteroatoms. The van der Waals surface area contributed by atoms with Crippen LogP contribution in [0.15, 0.2) is 24.3 Å². The summed E-state index contributed by atoms with van der Waals surface area (Å²) in [4.78, 5) is 0. The molecule has 1 heterocycles. The highest BCUT2D eigenvalue weighted by Crippen LogP contribution is 2.50. The predicted molar refractivity (Wildman–Crippen MR) is 83.6 cm³/mol. The Balaban J connectivity index is 0.00000156. The standard InChI is InChI=1S/C18H19NO3.ClH/c1-21-15-8-11-5-6-19-14-7-10-3-4-12(20)9-13(10)17(16(11)14)18(15)22-2;/h3-4,8-9,14,19-20H,5-7H2,1-2H3;1H. The Labute approximate surface area is 141 Å². The van der Waals surface area contributed by atoms with Gasteiger partial charge in [0.15, 0.2) is 11.5 Å². The van der Waals surface area contributed by atoms with Crippen molar-refractivity contribution in [3.05, 3.63) is 41.0 Å². The first kappa shape index (κ1) is 16.0. The van der Waals surface area contributed by atoms with Gasteiger partial charge >= 0.3 is 0 Å². The van der Waals surface area contributed by atoms with Gasteiger partial charge in [0.2, 0.25) is 0 Å². The lowest BCUT2D eigenvalue weighted by Gasteiger charge is -2.33. The van der Waals surface area contributed by atoms with Crippen molar-refractivity contribution in [2.45, 2.75) is 18.9 Å². The largest absolute Gasteiger partial charge is 1.00 e. The molecule has 2 aromatic carbocycles. The third-order valence-electron chi connectivity index (χ3n) is 4.83. The van der Waals surface area contributed by atoms with E-state index in [1.54, 1.807) is 20.3 Å². The number of hydrogen-bond donors (Lipinski definition) is 2. The van der Waals surface area contributed by atoms with Crippen LogP contribution in [0, 0.1) is 0 Å². The molecular formula is C18H20ClNO3. The number of aromatic hydroxyl groups is 1. The van der Waals surface area contributed by atoms with Gasteiger partial charge in [-0.15, -0.1) is 0 Å². The van der Waals surface area contributed by atoms with Gasteiger partial charge in [0, 0.05) is 24.0 Å². The van der Waals surface area contributed by atoms with Gasteiger partial charge in [-0.2, -0.15) is 0 Å². The molecular weight excluding hydrogens is 314 g/mol. The summed E-state index contributed by atoms with van der Waals surface area (Å²) in [6.45, 7) is 1.10. The number of nitrogens with two attached hydrogens (primary N) is 1. The number of phenols is 1. The van der Waals surface area contributed by atoms with Gasteiger partial charge in [-0.25, -0.2) is 0 Å². The molecule has 0 spiro atoms. The molecule has 0 aromatic heterocycles. The lowest BCUT2D eigenvalue weighted by atomic mass is 9.77. The van der Waals surface area contributed by atoms with Crippen LogP contribution in [0.2, 0.25) is 0 Å². The molecule has 4 rings (SSSR count). The molecule has 2 aromatic rings. The summed E-state index contributed by atoms with van der Waals surface area (Å²) in [5.41, 5.74) is 6.11. The molecule has 0 saturated carbocycles. The van der Waals surface area contributed by atoms with Crippen molar-refractivity contribution in [3.63, 3.8) is 0 Å². The van der Waals surface area contributed by atoms with Crippen LogP contribution >= 0.6 is 0 Å². The van der Waals surface area contributed by atoms with E-state index in [1.165, 1.54) is 16.7 Å². The highest BCUT2D eigenvalue weighted by molar-refractivity contribution is 5.83. The van der Waals surface area contributed by atoms with Crippen molar-refractivity contribution in [1.82, 2.24) is 0 Å². The molecule has 23 heavy (non-hydrogen) atoms. The number of rotatable bonds is 2. The third kappa shape index (κ3) is 2.33. The predicted octanol–water partition coefficient (Wildman–Crippen LogP) is -1.20. The monoisotopic (exact) mass is 333 g/mol. The van der Waals surface area contributed by atoms with Gasteiger partial charge in [0.1, 0.15) is 11.8 Å². The van der Waals surface area contributed by atoms with Crippen LogP contribution < -0.4 is 27.2 Å². The van der Waals surface area contributed by atoms with Crippen LogP contribution in [-0.4, -0.2) is 25.9 Å². The molecule has 122 valence electrons. The first-order valence-electron chi connectivity index (χ1n) is 7.66. The van der Waals surface area contributed by atoms with Crippen LogP contribution in [0.4, 0.5) is 0 Å². The Kier molecular flexibility index (Phi) is 4.13. The van der Waals surface area contributed by atoms with E-state index in [0.717, 1.165) is 42.0 Å². The van der Waals surface area contributed by atoms with Crippen molar-refractivity contribution in [2.75, 3.05) is 20.8 Å². The van der Waals surface area contributed by atoms with Gasteiger partial charge < -0.3 is 32.3 Å². The molecule has 1 aliphatic carbocycles. The normalized spacial score (nSPS) is 17.6. The number of phenolic OH excluding ortho intramolecular Hbond substituents is 1. The van der Waals surface area contributed by atoms with Crippen LogP contribution in [-0.2, 0) is 12.8 Å². The number of ether oxygens (including phenoxy) is 2. The smallest absolute Gasteiger partial charge is 0.169 e. The maximum atomic E-state index is 9.93. The summed E-state index contributed by atoms with van der Waals surface area (Å²) in [7, 11) is 3.36. The number of hydrogen-bond acceptors (Lipinski definition) is 3. The average Bonchev–Trinajstić information content (AvgIpc) is 2.55. The van der Waals surface area contributed by atoms with Crippen molar-refractivity contribution in [2.24, 2.45) is 0 Å². The molecule has 2 aliphatic rings. The van der Waals surface area contributed by atoms with Crippen LogP contribution in [0.1, 0.15) is 22.7 Å². The fraction of sp³-hybridized carbons (Fsp3) is 0.333. The topological polar surface area (TPSA) is 55.3 Å². The number of benzene rings is 2. The van der Waals surface area contributed by atoms with E-state index in [2.05, 4.69) is 11.4 Å². The lowest BCUT2D eigenvalue weighted by Crippen LogP contribution is -3.00. The number of quaternary nitrogens is 1. The zero-order valence-corrected chi connectivity index (χ0v) is 14.0. The fourth-order valence-corrected chi connectivity index (χ4v) is 3.92. The molecule has 1 aliphatic heterocycles. The Morgan fingerprint density at radius 3 is 2.70 bits per heavy atom. The van der Waals surface area contributed by atoms with Crippen molar-refractivity contribution in [1.29, 1.82) is 0 Å². The molecule has 4 nitrogen and oxygen atoms in total. The molecule has 0 radical (unpaired) electrons. The summed E-state index contributed by atoms with van der Waals surface area (Å²) >= 11 is 0. The van der Waals surface area contributed by atoms with Crippen LogP contribution in [0.3, 0.4) is 0 Å². The van der Waals surface area contributed by atoms with Gasteiger partial charge in [-0.3, -0.25) is 0 Å². The number of methoxy groups -OCH3 is 2. The van der Waals surface area contributed by atoms with E-state index in [1.807, 2.05) is 12.1 Å². The minimum absolute atomic E-state index is 0. The minimum Gasteiger partial charge on any atom is -1.00 e. The van der Waals surface area contributed by atoms with Crippen molar-refractivity contribution >= 4 is 0 Å². The summed E-state index contributed by atoms with van der Waals surface area (Å²) in [6.07, 6.45) is 2.03.